The first-order chi connectivity index (χ1) is 12.6. The maximum absolute atomic E-state index is 12.8. The van der Waals surface area contributed by atoms with Gasteiger partial charge in [-0.3, -0.25) is 9.78 Å². The van der Waals surface area contributed by atoms with Crippen LogP contribution >= 0.6 is 0 Å². The molecule has 6 heteroatoms. The first-order valence-electron chi connectivity index (χ1n) is 8.23. The molecule has 3 rings (SSSR count). The van der Waals surface area contributed by atoms with Crippen LogP contribution in [0.3, 0.4) is 0 Å². The predicted molar refractivity (Wildman–Crippen MR) is 98.0 cm³/mol. The highest BCUT2D eigenvalue weighted by Crippen LogP contribution is 2.24. The fourth-order valence-corrected chi connectivity index (χ4v) is 2.73. The van der Waals surface area contributed by atoms with Gasteiger partial charge >= 0.3 is 0 Å². The molecule has 0 aliphatic carbocycles. The van der Waals surface area contributed by atoms with Crippen molar-refractivity contribution in [1.29, 1.82) is 0 Å². The lowest BCUT2D eigenvalue weighted by Gasteiger charge is -2.20. The molecule has 2 aromatic heterocycles. The maximum atomic E-state index is 12.8. The minimum Gasteiger partial charge on any atom is -0.497 e. The first-order valence-corrected chi connectivity index (χ1v) is 8.23. The van der Waals surface area contributed by atoms with E-state index in [1.807, 2.05) is 36.4 Å². The highest BCUT2D eigenvalue weighted by atomic mass is 16.5. The molecule has 1 atom stereocenters. The SMILES string of the molecule is COc1ccc(C(NC(=O)c2cnc(C)nc2C)c2ccncc2)cc1. The van der Waals surface area contributed by atoms with E-state index < -0.39 is 0 Å². The molecule has 26 heavy (non-hydrogen) atoms. The Balaban J connectivity index is 1.94. The van der Waals surface area contributed by atoms with Crippen molar-refractivity contribution in [1.82, 2.24) is 20.3 Å². The third-order valence-electron chi connectivity index (χ3n) is 4.11. The minimum atomic E-state index is -0.322. The fraction of sp³-hybridized carbons (Fsp3) is 0.200. The molecule has 1 aromatic carbocycles. The quantitative estimate of drug-likeness (QED) is 0.767. The summed E-state index contributed by atoms with van der Waals surface area (Å²) in [6.07, 6.45) is 4.97. The summed E-state index contributed by atoms with van der Waals surface area (Å²) in [6.45, 7) is 3.60. The van der Waals surface area contributed by atoms with Crippen LogP contribution in [0.15, 0.2) is 55.0 Å². The van der Waals surface area contributed by atoms with Gasteiger partial charge in [0.05, 0.1) is 24.4 Å². The Morgan fingerprint density at radius 3 is 2.31 bits per heavy atom. The van der Waals surface area contributed by atoms with E-state index in [1.54, 1.807) is 39.5 Å². The van der Waals surface area contributed by atoms with Gasteiger partial charge in [0.2, 0.25) is 0 Å². The number of hydrogen-bond donors (Lipinski definition) is 1. The van der Waals surface area contributed by atoms with E-state index in [0.29, 0.717) is 17.1 Å². The van der Waals surface area contributed by atoms with Crippen molar-refractivity contribution >= 4 is 5.91 Å². The summed E-state index contributed by atoms with van der Waals surface area (Å²) in [5.74, 6) is 1.18. The molecule has 1 amide bonds. The topological polar surface area (TPSA) is 77.0 Å². The average Bonchev–Trinajstić information content (AvgIpc) is 2.67. The van der Waals surface area contributed by atoms with E-state index in [0.717, 1.165) is 16.9 Å². The Morgan fingerprint density at radius 1 is 1.04 bits per heavy atom. The van der Waals surface area contributed by atoms with Crippen LogP contribution in [0, 0.1) is 13.8 Å². The molecule has 132 valence electrons. The number of methoxy groups -OCH3 is 1. The maximum Gasteiger partial charge on any atom is 0.255 e. The molecular formula is C20H20N4O2. The van der Waals surface area contributed by atoms with Crippen LogP contribution in [-0.2, 0) is 0 Å². The highest BCUT2D eigenvalue weighted by molar-refractivity contribution is 5.95. The average molecular weight is 348 g/mol. The van der Waals surface area contributed by atoms with Gasteiger partial charge in [-0.15, -0.1) is 0 Å². The zero-order valence-electron chi connectivity index (χ0n) is 14.9. The van der Waals surface area contributed by atoms with Gasteiger partial charge in [0.1, 0.15) is 11.6 Å². The zero-order chi connectivity index (χ0) is 18.5. The summed E-state index contributed by atoms with van der Waals surface area (Å²) < 4.78 is 5.22. The van der Waals surface area contributed by atoms with Crippen LogP contribution in [0.1, 0.15) is 39.0 Å². The fourth-order valence-electron chi connectivity index (χ4n) is 2.73. The molecule has 0 aliphatic rings. The van der Waals surface area contributed by atoms with E-state index >= 15 is 0 Å². The van der Waals surface area contributed by atoms with Crippen LogP contribution in [0.2, 0.25) is 0 Å². The van der Waals surface area contributed by atoms with Crippen molar-refractivity contribution < 1.29 is 9.53 Å². The van der Waals surface area contributed by atoms with Crippen LogP contribution in [0.4, 0.5) is 0 Å². The summed E-state index contributed by atoms with van der Waals surface area (Å²) >= 11 is 0. The van der Waals surface area contributed by atoms with E-state index in [4.69, 9.17) is 4.74 Å². The number of aromatic nitrogens is 3. The van der Waals surface area contributed by atoms with Crippen molar-refractivity contribution in [3.8, 4) is 5.75 Å². The Kier molecular flexibility index (Phi) is 5.22. The number of amides is 1. The molecule has 6 nitrogen and oxygen atoms in total. The molecule has 2 heterocycles. The lowest BCUT2D eigenvalue weighted by molar-refractivity contribution is 0.0941. The van der Waals surface area contributed by atoms with Gasteiger partial charge in [-0.05, 0) is 49.2 Å². The Hall–Kier alpha value is -3.28. The molecule has 0 fully saturated rings. The van der Waals surface area contributed by atoms with Gasteiger partial charge in [-0.25, -0.2) is 9.97 Å². The number of carbonyl (C=O) groups excluding carboxylic acids is 1. The van der Waals surface area contributed by atoms with Gasteiger partial charge < -0.3 is 10.1 Å². The second kappa shape index (κ2) is 7.74. The molecule has 0 saturated heterocycles. The highest BCUT2D eigenvalue weighted by Gasteiger charge is 2.20. The molecule has 3 aromatic rings. The number of rotatable bonds is 5. The molecule has 0 aliphatic heterocycles. The van der Waals surface area contributed by atoms with Crippen molar-refractivity contribution in [3.05, 3.63) is 83.2 Å². The molecule has 0 saturated carbocycles. The second-order valence-corrected chi connectivity index (χ2v) is 5.88. The zero-order valence-corrected chi connectivity index (χ0v) is 14.9. The molecular weight excluding hydrogens is 328 g/mol. The molecule has 0 spiro atoms. The third kappa shape index (κ3) is 3.85. The van der Waals surface area contributed by atoms with Crippen molar-refractivity contribution in [2.45, 2.75) is 19.9 Å². The lowest BCUT2D eigenvalue weighted by atomic mass is 9.99. The summed E-state index contributed by atoms with van der Waals surface area (Å²) in [7, 11) is 1.62. The summed E-state index contributed by atoms with van der Waals surface area (Å²) in [6, 6.07) is 11.1. The monoisotopic (exact) mass is 348 g/mol. The second-order valence-electron chi connectivity index (χ2n) is 5.88. The number of pyridine rings is 1. The standard InChI is InChI=1S/C20H20N4O2/c1-13-18(12-22-14(2)23-13)20(25)24-19(16-8-10-21-11-9-16)15-4-6-17(26-3)7-5-15/h4-12,19H,1-3H3,(H,24,25). The summed E-state index contributed by atoms with van der Waals surface area (Å²) in [5, 5.41) is 3.08. The number of hydrogen-bond acceptors (Lipinski definition) is 5. The van der Waals surface area contributed by atoms with Gasteiger partial charge in [-0.2, -0.15) is 0 Å². The Bertz CT molecular complexity index is 895. The largest absolute Gasteiger partial charge is 0.497 e. The number of nitrogens with one attached hydrogen (secondary N) is 1. The van der Waals surface area contributed by atoms with Crippen LogP contribution in [-0.4, -0.2) is 28.0 Å². The molecule has 1 N–H and O–H groups in total. The van der Waals surface area contributed by atoms with Crippen molar-refractivity contribution in [3.63, 3.8) is 0 Å². The predicted octanol–water partition coefficient (Wildman–Crippen LogP) is 3.02. The number of aryl methyl sites for hydroxylation is 2. The lowest BCUT2D eigenvalue weighted by Crippen LogP contribution is -2.30. The van der Waals surface area contributed by atoms with Gasteiger partial charge in [0.15, 0.2) is 0 Å². The Morgan fingerprint density at radius 2 is 1.69 bits per heavy atom. The van der Waals surface area contributed by atoms with Crippen molar-refractivity contribution in [2.75, 3.05) is 7.11 Å². The number of carbonyl (C=O) groups is 1. The first kappa shape index (κ1) is 17.5. The molecule has 0 radical (unpaired) electrons. The smallest absolute Gasteiger partial charge is 0.255 e. The van der Waals surface area contributed by atoms with Crippen LogP contribution in [0.5, 0.6) is 5.75 Å². The van der Waals surface area contributed by atoms with E-state index in [2.05, 4.69) is 20.3 Å². The van der Waals surface area contributed by atoms with E-state index in [-0.39, 0.29) is 11.9 Å². The number of benzene rings is 1. The molecule has 0 bridgehead atoms. The van der Waals surface area contributed by atoms with Gasteiger partial charge in [0.25, 0.3) is 5.91 Å². The Labute approximate surface area is 152 Å². The van der Waals surface area contributed by atoms with E-state index in [1.165, 1.54) is 0 Å². The van der Waals surface area contributed by atoms with Gasteiger partial charge in [-0.1, -0.05) is 12.1 Å². The van der Waals surface area contributed by atoms with Gasteiger partial charge in [0, 0.05) is 18.6 Å². The number of nitrogens with zero attached hydrogens (tertiary/aromatic N) is 3. The number of ether oxygens (including phenoxy) is 1. The van der Waals surface area contributed by atoms with Crippen LogP contribution in [0.25, 0.3) is 0 Å². The summed E-state index contributed by atoms with van der Waals surface area (Å²) in [5.41, 5.74) is 2.99. The summed E-state index contributed by atoms with van der Waals surface area (Å²) in [4.78, 5) is 25.3. The third-order valence-corrected chi connectivity index (χ3v) is 4.11. The minimum absolute atomic E-state index is 0.222. The normalized spacial score (nSPS) is 11.7. The van der Waals surface area contributed by atoms with E-state index in [9.17, 15) is 4.79 Å². The van der Waals surface area contributed by atoms with Crippen molar-refractivity contribution in [2.24, 2.45) is 0 Å². The van der Waals surface area contributed by atoms with Crippen LogP contribution < -0.4 is 10.1 Å². The molecule has 1 unspecified atom stereocenters.